The molecule has 1 amide bonds. The fourth-order valence-electron chi connectivity index (χ4n) is 2.31. The van der Waals surface area contributed by atoms with Crippen molar-refractivity contribution in [1.82, 2.24) is 10.3 Å². The Morgan fingerprint density at radius 3 is 2.90 bits per heavy atom. The van der Waals surface area contributed by atoms with Crippen LogP contribution < -0.4 is 21.7 Å². The Morgan fingerprint density at radius 1 is 1.62 bits per heavy atom. The minimum absolute atomic E-state index is 0.0351. The zero-order valence-electron chi connectivity index (χ0n) is 12.3. The van der Waals surface area contributed by atoms with Gasteiger partial charge in [-0.25, -0.2) is 4.98 Å². The van der Waals surface area contributed by atoms with E-state index in [0.717, 1.165) is 37.5 Å². The lowest BCUT2D eigenvalue weighted by Crippen LogP contribution is -2.39. The minimum Gasteiger partial charge on any atom is -0.382 e. The molecule has 1 fully saturated rings. The number of aromatic nitrogens is 1. The zero-order valence-corrected chi connectivity index (χ0v) is 13.2. The van der Waals surface area contributed by atoms with Gasteiger partial charge in [-0.3, -0.25) is 4.79 Å². The second-order valence-electron chi connectivity index (χ2n) is 5.43. The van der Waals surface area contributed by atoms with Gasteiger partial charge in [0, 0.05) is 25.2 Å². The van der Waals surface area contributed by atoms with Crippen LogP contribution in [0.15, 0.2) is 12.7 Å². The van der Waals surface area contributed by atoms with Crippen molar-refractivity contribution in [3.05, 3.63) is 17.5 Å². The number of carbonyl (C=O) groups is 1. The number of hydrogen-bond acceptors (Lipinski definition) is 6. The molecule has 1 aliphatic heterocycles. The SMILES string of the molecule is C=CCC(C)NC(=O)c1sc(N2CCC(N)CC2)nc1N. The molecule has 1 aliphatic rings. The average Bonchev–Trinajstić information content (AvgIpc) is 2.82. The van der Waals surface area contributed by atoms with Crippen LogP contribution in [0.25, 0.3) is 0 Å². The molecule has 1 atom stereocenters. The Bertz CT molecular complexity index is 507. The third kappa shape index (κ3) is 3.95. The number of thiazole rings is 1. The number of anilines is 2. The molecule has 0 radical (unpaired) electrons. The van der Waals surface area contributed by atoms with Gasteiger partial charge in [-0.15, -0.1) is 6.58 Å². The van der Waals surface area contributed by atoms with Crippen molar-refractivity contribution in [1.29, 1.82) is 0 Å². The molecule has 116 valence electrons. The lowest BCUT2D eigenvalue weighted by Gasteiger charge is -2.29. The number of nitrogens with zero attached hydrogens (tertiary/aromatic N) is 2. The number of hydrogen-bond donors (Lipinski definition) is 3. The van der Waals surface area contributed by atoms with Crippen LogP contribution in [-0.2, 0) is 0 Å². The molecule has 0 spiro atoms. The van der Waals surface area contributed by atoms with Gasteiger partial charge >= 0.3 is 0 Å². The van der Waals surface area contributed by atoms with E-state index < -0.39 is 0 Å². The molecular formula is C14H23N5OS. The second kappa shape index (κ2) is 6.91. The summed E-state index contributed by atoms with van der Waals surface area (Å²) in [7, 11) is 0. The molecule has 1 aromatic rings. The van der Waals surface area contributed by atoms with Gasteiger partial charge in [-0.2, -0.15) is 0 Å². The Morgan fingerprint density at radius 2 is 2.29 bits per heavy atom. The normalized spacial score (nSPS) is 17.5. The van der Waals surface area contributed by atoms with Crippen molar-refractivity contribution in [2.45, 2.75) is 38.3 Å². The highest BCUT2D eigenvalue weighted by atomic mass is 32.1. The van der Waals surface area contributed by atoms with Crippen LogP contribution in [0.1, 0.15) is 35.9 Å². The monoisotopic (exact) mass is 309 g/mol. The van der Waals surface area contributed by atoms with E-state index in [2.05, 4.69) is 21.8 Å². The molecule has 6 nitrogen and oxygen atoms in total. The number of amides is 1. The minimum atomic E-state index is -0.167. The summed E-state index contributed by atoms with van der Waals surface area (Å²) in [6.07, 6.45) is 4.39. The zero-order chi connectivity index (χ0) is 15.4. The van der Waals surface area contributed by atoms with Crippen LogP contribution in [0.2, 0.25) is 0 Å². The van der Waals surface area contributed by atoms with Gasteiger partial charge in [0.25, 0.3) is 5.91 Å². The molecule has 1 unspecified atom stereocenters. The summed E-state index contributed by atoms with van der Waals surface area (Å²) in [5, 5.41) is 3.71. The molecule has 1 aromatic heterocycles. The van der Waals surface area contributed by atoms with Crippen LogP contribution in [0.5, 0.6) is 0 Å². The molecule has 7 heteroatoms. The Labute approximate surface area is 129 Å². The summed E-state index contributed by atoms with van der Waals surface area (Å²) in [4.78, 5) is 19.2. The smallest absolute Gasteiger partial charge is 0.265 e. The number of nitrogens with one attached hydrogen (secondary N) is 1. The van der Waals surface area contributed by atoms with Crippen molar-refractivity contribution in [3.63, 3.8) is 0 Å². The topological polar surface area (TPSA) is 97.3 Å². The van der Waals surface area contributed by atoms with Crippen molar-refractivity contribution in [2.24, 2.45) is 5.73 Å². The van der Waals surface area contributed by atoms with Gasteiger partial charge < -0.3 is 21.7 Å². The molecule has 2 rings (SSSR count). The molecule has 1 saturated heterocycles. The van der Waals surface area contributed by atoms with Gasteiger partial charge in [0.15, 0.2) is 5.13 Å². The van der Waals surface area contributed by atoms with E-state index >= 15 is 0 Å². The number of nitrogen functional groups attached to an aromatic ring is 1. The van der Waals surface area contributed by atoms with Gasteiger partial charge in [0.1, 0.15) is 10.7 Å². The van der Waals surface area contributed by atoms with Gasteiger partial charge in [0.05, 0.1) is 0 Å². The summed E-state index contributed by atoms with van der Waals surface area (Å²) in [5.74, 6) is 0.132. The van der Waals surface area contributed by atoms with E-state index in [1.54, 1.807) is 6.08 Å². The van der Waals surface area contributed by atoms with Crippen molar-refractivity contribution >= 4 is 28.2 Å². The molecular weight excluding hydrogens is 286 g/mol. The third-order valence-electron chi connectivity index (χ3n) is 3.56. The molecule has 5 N–H and O–H groups in total. The first-order chi connectivity index (χ1) is 10.0. The highest BCUT2D eigenvalue weighted by Gasteiger charge is 2.23. The summed E-state index contributed by atoms with van der Waals surface area (Å²) in [6.45, 7) is 7.33. The largest absolute Gasteiger partial charge is 0.382 e. The predicted molar refractivity (Wildman–Crippen MR) is 87.7 cm³/mol. The van der Waals surface area contributed by atoms with E-state index in [1.165, 1.54) is 11.3 Å². The quantitative estimate of drug-likeness (QED) is 0.713. The first kappa shape index (κ1) is 15.8. The van der Waals surface area contributed by atoms with E-state index in [4.69, 9.17) is 11.5 Å². The van der Waals surface area contributed by atoms with Crippen LogP contribution in [0.3, 0.4) is 0 Å². The molecule has 0 aliphatic carbocycles. The van der Waals surface area contributed by atoms with E-state index in [0.29, 0.717) is 10.7 Å². The van der Waals surface area contributed by atoms with Crippen LogP contribution in [0.4, 0.5) is 10.9 Å². The maximum absolute atomic E-state index is 12.2. The van der Waals surface area contributed by atoms with E-state index in [9.17, 15) is 4.79 Å². The maximum Gasteiger partial charge on any atom is 0.265 e. The number of rotatable bonds is 5. The van der Waals surface area contributed by atoms with Crippen LogP contribution in [-0.4, -0.2) is 36.1 Å². The molecule has 0 saturated carbocycles. The fourth-order valence-corrected chi connectivity index (χ4v) is 3.25. The van der Waals surface area contributed by atoms with Gasteiger partial charge in [-0.1, -0.05) is 17.4 Å². The Balaban J connectivity index is 2.04. The first-order valence-corrected chi connectivity index (χ1v) is 8.01. The predicted octanol–water partition coefficient (Wildman–Crippen LogP) is 1.35. The third-order valence-corrected chi connectivity index (χ3v) is 4.69. The van der Waals surface area contributed by atoms with E-state index in [-0.39, 0.29) is 18.0 Å². The average molecular weight is 309 g/mol. The fraction of sp³-hybridized carbons (Fsp3) is 0.571. The highest BCUT2D eigenvalue weighted by molar-refractivity contribution is 7.18. The lowest BCUT2D eigenvalue weighted by atomic mass is 10.1. The maximum atomic E-state index is 12.2. The number of nitrogens with two attached hydrogens (primary N) is 2. The standard InChI is InChI=1S/C14H23N5OS/c1-3-4-9(2)17-13(20)11-12(16)18-14(21-11)19-7-5-10(15)6-8-19/h3,9-10H,1,4-8,15-16H2,2H3,(H,17,20). The Hall–Kier alpha value is -1.60. The second-order valence-corrected chi connectivity index (χ2v) is 6.41. The van der Waals surface area contributed by atoms with E-state index in [1.807, 2.05) is 6.92 Å². The first-order valence-electron chi connectivity index (χ1n) is 7.19. The molecule has 0 bridgehead atoms. The van der Waals surface area contributed by atoms with Crippen LogP contribution >= 0.6 is 11.3 Å². The van der Waals surface area contributed by atoms with Crippen molar-refractivity contribution < 1.29 is 4.79 Å². The van der Waals surface area contributed by atoms with Gasteiger partial charge in [-0.05, 0) is 26.2 Å². The summed E-state index contributed by atoms with van der Waals surface area (Å²) in [5.41, 5.74) is 11.8. The molecule has 21 heavy (non-hydrogen) atoms. The molecule has 0 aromatic carbocycles. The van der Waals surface area contributed by atoms with Crippen molar-refractivity contribution in [2.75, 3.05) is 23.7 Å². The number of piperidine rings is 1. The summed E-state index contributed by atoms with van der Waals surface area (Å²) < 4.78 is 0. The van der Waals surface area contributed by atoms with Crippen LogP contribution in [0, 0.1) is 0 Å². The summed E-state index contributed by atoms with van der Waals surface area (Å²) in [6, 6.07) is 0.300. The Kier molecular flexibility index (Phi) is 5.19. The number of carbonyl (C=O) groups excluding carboxylic acids is 1. The molecule has 2 heterocycles. The lowest BCUT2D eigenvalue weighted by molar-refractivity contribution is 0.0945. The highest BCUT2D eigenvalue weighted by Crippen LogP contribution is 2.29. The summed E-state index contributed by atoms with van der Waals surface area (Å²) >= 11 is 1.35. The van der Waals surface area contributed by atoms with Crippen molar-refractivity contribution in [3.8, 4) is 0 Å². The van der Waals surface area contributed by atoms with Gasteiger partial charge in [0.2, 0.25) is 0 Å².